The lowest BCUT2D eigenvalue weighted by molar-refractivity contribution is -0.116. The summed E-state index contributed by atoms with van der Waals surface area (Å²) in [4.78, 5) is 16.7. The summed E-state index contributed by atoms with van der Waals surface area (Å²) in [5.41, 5.74) is 4.61. The molecule has 0 aliphatic carbocycles. The molecule has 3 aromatic heterocycles. The van der Waals surface area contributed by atoms with Gasteiger partial charge in [-0.15, -0.1) is 0 Å². The number of benzene rings is 2. The second-order valence-electron chi connectivity index (χ2n) is 8.08. The molecule has 0 spiro atoms. The van der Waals surface area contributed by atoms with Crippen molar-refractivity contribution >= 4 is 48.4 Å². The maximum atomic E-state index is 12.0. The van der Waals surface area contributed by atoms with Crippen LogP contribution >= 0.6 is 11.6 Å². The molecule has 5 rings (SSSR count). The van der Waals surface area contributed by atoms with Gasteiger partial charge in [-0.05, 0) is 40.9 Å². The van der Waals surface area contributed by atoms with Crippen LogP contribution in [-0.2, 0) is 17.9 Å². The van der Waals surface area contributed by atoms with Crippen LogP contribution in [0.4, 0.5) is 5.82 Å². The van der Waals surface area contributed by atoms with Gasteiger partial charge in [0.05, 0.1) is 12.0 Å². The maximum Gasteiger partial charge on any atom is 0.244 e. The number of rotatable bonds is 8. The Labute approximate surface area is 214 Å². The van der Waals surface area contributed by atoms with E-state index in [0.29, 0.717) is 40.7 Å². The van der Waals surface area contributed by atoms with E-state index in [2.05, 4.69) is 20.7 Å². The maximum absolute atomic E-state index is 12.0. The largest absolute Gasteiger partial charge is 0.465 e. The molecule has 0 aliphatic rings. The average Bonchev–Trinajstić information content (AvgIpc) is 3.56. The van der Waals surface area contributed by atoms with Crippen molar-refractivity contribution in [3.8, 4) is 11.3 Å². The minimum atomic E-state index is -0.188. The van der Waals surface area contributed by atoms with Gasteiger partial charge in [-0.25, -0.2) is 4.98 Å². The molecule has 1 amide bonds. The third-order valence-electron chi connectivity index (χ3n) is 5.55. The lowest BCUT2D eigenvalue weighted by Crippen LogP contribution is -2.20. The summed E-state index contributed by atoms with van der Waals surface area (Å²) in [6, 6.07) is 21.0. The number of hydrogen-bond acceptors (Lipinski definition) is 5. The van der Waals surface area contributed by atoms with Crippen molar-refractivity contribution in [1.82, 2.24) is 19.9 Å². The Morgan fingerprint density at radius 1 is 1.06 bits per heavy atom. The number of carbonyl (C=O) groups is 1. The van der Waals surface area contributed by atoms with Gasteiger partial charge < -0.3 is 15.1 Å². The molecule has 0 bridgehead atoms. The number of carbonyl (C=O) groups excluding carboxylic acids is 1. The molecule has 9 heteroatoms. The fourth-order valence-corrected chi connectivity index (χ4v) is 3.90. The van der Waals surface area contributed by atoms with Gasteiger partial charge in [0.15, 0.2) is 5.65 Å². The van der Waals surface area contributed by atoms with Gasteiger partial charge in [-0.1, -0.05) is 54.1 Å². The topological polar surface area (TPSA) is 84.5 Å². The second kappa shape index (κ2) is 10.5. The number of halogens is 1. The Morgan fingerprint density at radius 3 is 2.58 bits per heavy atom. The molecule has 0 unspecified atom stereocenters. The number of nitrogens with one attached hydrogen (secondary N) is 2. The summed E-state index contributed by atoms with van der Waals surface area (Å²) in [6.07, 6.45) is 6.22. The van der Waals surface area contributed by atoms with E-state index in [4.69, 9.17) is 23.9 Å². The molecule has 0 saturated carbocycles. The lowest BCUT2D eigenvalue weighted by atomic mass is 10.0. The Hall–Kier alpha value is -4.30. The highest BCUT2D eigenvalue weighted by Crippen LogP contribution is 2.28. The molecule has 5 aromatic rings. The summed E-state index contributed by atoms with van der Waals surface area (Å²) in [5, 5.41) is 11.2. The molecule has 0 atom stereocenters. The van der Waals surface area contributed by atoms with Crippen LogP contribution in [0.15, 0.2) is 89.7 Å². The number of anilines is 1. The first-order chi connectivity index (χ1) is 17.6. The monoisotopic (exact) mass is 493 g/mol. The predicted octanol–water partition coefficient (Wildman–Crippen LogP) is 4.38. The van der Waals surface area contributed by atoms with Crippen LogP contribution in [0.2, 0.25) is 5.02 Å². The summed E-state index contributed by atoms with van der Waals surface area (Å²) in [5.74, 6) is 1.18. The van der Waals surface area contributed by atoms with Gasteiger partial charge in [0.2, 0.25) is 5.91 Å². The Morgan fingerprint density at radius 2 is 1.83 bits per heavy atom. The molecule has 176 valence electrons. The number of fused-ring (bicyclic) bond motifs is 1. The molecular weight excluding hydrogens is 473 g/mol. The van der Waals surface area contributed by atoms with Gasteiger partial charge in [-0.3, -0.25) is 4.79 Å². The minimum absolute atomic E-state index is 0.188. The van der Waals surface area contributed by atoms with E-state index in [1.807, 2.05) is 54.6 Å². The van der Waals surface area contributed by atoms with Gasteiger partial charge in [0, 0.05) is 42.0 Å². The molecule has 0 saturated heterocycles. The molecule has 7 nitrogen and oxygen atoms in total. The standard InChI is InChI=1S/C27H21BClN5O2/c28-22-17-32-34-25(14-24(33-27(22)34)21-5-1-2-6-23(21)29)30-15-18-7-9-19(10-8-18)16-31-26(35)12-11-20-4-3-13-36-20/h1-14,17,30H,15-16H2,(H,31,35)/b12-11+. The fraction of sp³-hybridized carbons (Fsp3) is 0.0741. The molecule has 0 aliphatic heterocycles. The van der Waals surface area contributed by atoms with E-state index in [9.17, 15) is 4.79 Å². The molecule has 2 aromatic carbocycles. The normalized spacial score (nSPS) is 11.2. The van der Waals surface area contributed by atoms with Crippen molar-refractivity contribution in [2.45, 2.75) is 13.1 Å². The molecule has 2 radical (unpaired) electrons. The van der Waals surface area contributed by atoms with Crippen molar-refractivity contribution in [2.24, 2.45) is 0 Å². The van der Waals surface area contributed by atoms with E-state index >= 15 is 0 Å². The van der Waals surface area contributed by atoms with Gasteiger partial charge in [0.1, 0.15) is 19.4 Å². The molecule has 2 N–H and O–H groups in total. The first kappa shape index (κ1) is 23.4. The SMILES string of the molecule is [B]c1cnn2c(NCc3ccc(CNC(=O)/C=C/c4ccco4)cc3)cc(-c3ccccc3Cl)nc12. The van der Waals surface area contributed by atoms with E-state index in [1.54, 1.807) is 35.2 Å². The summed E-state index contributed by atoms with van der Waals surface area (Å²) in [6.45, 7) is 0.979. The van der Waals surface area contributed by atoms with E-state index < -0.39 is 0 Å². The number of nitrogens with zero attached hydrogens (tertiary/aromatic N) is 3. The second-order valence-corrected chi connectivity index (χ2v) is 8.49. The highest BCUT2D eigenvalue weighted by molar-refractivity contribution is 6.36. The van der Waals surface area contributed by atoms with Crippen molar-refractivity contribution in [1.29, 1.82) is 0 Å². The third-order valence-corrected chi connectivity index (χ3v) is 5.88. The van der Waals surface area contributed by atoms with Crippen LogP contribution < -0.4 is 16.1 Å². The molecule has 36 heavy (non-hydrogen) atoms. The van der Waals surface area contributed by atoms with Crippen molar-refractivity contribution in [3.05, 3.63) is 107 Å². The molecule has 0 fully saturated rings. The average molecular weight is 494 g/mol. The number of hydrogen-bond donors (Lipinski definition) is 2. The van der Waals surface area contributed by atoms with Gasteiger partial charge in [-0.2, -0.15) is 9.61 Å². The van der Waals surface area contributed by atoms with Crippen LogP contribution in [0.3, 0.4) is 0 Å². The Kier molecular flexibility index (Phi) is 6.86. The number of amides is 1. The number of furan rings is 1. The Bertz CT molecular complexity index is 1530. The van der Waals surface area contributed by atoms with Crippen molar-refractivity contribution in [2.75, 3.05) is 5.32 Å². The van der Waals surface area contributed by atoms with E-state index in [0.717, 1.165) is 22.5 Å². The summed E-state index contributed by atoms with van der Waals surface area (Å²) >= 11 is 6.40. The van der Waals surface area contributed by atoms with Crippen LogP contribution in [0, 0.1) is 0 Å². The summed E-state index contributed by atoms with van der Waals surface area (Å²) in [7, 11) is 6.10. The predicted molar refractivity (Wildman–Crippen MR) is 142 cm³/mol. The lowest BCUT2D eigenvalue weighted by Gasteiger charge is -2.12. The quantitative estimate of drug-likeness (QED) is 0.248. The van der Waals surface area contributed by atoms with Crippen LogP contribution in [0.5, 0.6) is 0 Å². The fourth-order valence-electron chi connectivity index (χ4n) is 3.67. The van der Waals surface area contributed by atoms with Gasteiger partial charge >= 0.3 is 0 Å². The zero-order chi connectivity index (χ0) is 24.9. The van der Waals surface area contributed by atoms with Crippen LogP contribution in [0.25, 0.3) is 23.0 Å². The van der Waals surface area contributed by atoms with Gasteiger partial charge in [0.25, 0.3) is 0 Å². The highest BCUT2D eigenvalue weighted by Gasteiger charge is 2.12. The first-order valence-corrected chi connectivity index (χ1v) is 11.6. The first-order valence-electron chi connectivity index (χ1n) is 11.3. The Balaban J connectivity index is 1.25. The molecule has 3 heterocycles. The smallest absolute Gasteiger partial charge is 0.244 e. The highest BCUT2D eigenvalue weighted by atomic mass is 35.5. The molecular formula is C27H21BClN5O2. The van der Waals surface area contributed by atoms with Crippen molar-refractivity contribution < 1.29 is 9.21 Å². The number of aromatic nitrogens is 3. The zero-order valence-corrected chi connectivity index (χ0v) is 19.9. The van der Waals surface area contributed by atoms with Crippen molar-refractivity contribution in [3.63, 3.8) is 0 Å². The van der Waals surface area contributed by atoms with Crippen LogP contribution in [0.1, 0.15) is 16.9 Å². The summed E-state index contributed by atoms with van der Waals surface area (Å²) < 4.78 is 6.86. The van der Waals surface area contributed by atoms with E-state index in [1.165, 1.54) is 6.08 Å². The van der Waals surface area contributed by atoms with E-state index in [-0.39, 0.29) is 5.91 Å². The third kappa shape index (κ3) is 5.34. The minimum Gasteiger partial charge on any atom is -0.465 e. The zero-order valence-electron chi connectivity index (χ0n) is 19.2. The van der Waals surface area contributed by atoms with Crippen LogP contribution in [-0.4, -0.2) is 28.4 Å².